The first-order valence-electron chi connectivity index (χ1n) is 6.41. The van der Waals surface area contributed by atoms with Crippen LogP contribution in [0.2, 0.25) is 0 Å². The van der Waals surface area contributed by atoms with Crippen molar-refractivity contribution in [2.45, 2.75) is 18.9 Å². The average Bonchev–Trinajstić information content (AvgIpc) is 3.23. The number of amides is 1. The second-order valence-corrected chi connectivity index (χ2v) is 4.65. The van der Waals surface area contributed by atoms with Gasteiger partial charge in [-0.1, -0.05) is 6.07 Å². The number of nitrogens with zero attached hydrogens (tertiary/aromatic N) is 1. The first-order valence-corrected chi connectivity index (χ1v) is 6.41. The third-order valence-corrected chi connectivity index (χ3v) is 3.28. The van der Waals surface area contributed by atoms with Crippen LogP contribution in [0.15, 0.2) is 18.2 Å². The molecule has 0 atom stereocenters. The Bertz CT molecular complexity index is 458. The van der Waals surface area contributed by atoms with E-state index in [9.17, 15) is 4.79 Å². The zero-order chi connectivity index (χ0) is 13.8. The summed E-state index contributed by atoms with van der Waals surface area (Å²) >= 11 is 0. The van der Waals surface area contributed by atoms with Gasteiger partial charge in [-0.2, -0.15) is 0 Å². The third-order valence-electron chi connectivity index (χ3n) is 3.28. The highest BCUT2D eigenvalue weighted by molar-refractivity contribution is 6.02. The van der Waals surface area contributed by atoms with Gasteiger partial charge in [-0.25, -0.2) is 0 Å². The summed E-state index contributed by atoms with van der Waals surface area (Å²) in [4.78, 5) is 14.5. The van der Waals surface area contributed by atoms with Gasteiger partial charge in [0.1, 0.15) is 11.3 Å². The maximum atomic E-state index is 12.6. The Morgan fingerprint density at radius 2 is 2.16 bits per heavy atom. The van der Waals surface area contributed by atoms with Crippen molar-refractivity contribution in [3.8, 4) is 5.75 Å². The summed E-state index contributed by atoms with van der Waals surface area (Å²) in [5.41, 5.74) is 6.83. The number of benzene rings is 1. The molecule has 1 fully saturated rings. The Morgan fingerprint density at radius 3 is 2.74 bits per heavy atom. The predicted molar refractivity (Wildman–Crippen MR) is 73.3 cm³/mol. The molecule has 0 bridgehead atoms. The number of nitrogen functional groups attached to an aromatic ring is 1. The van der Waals surface area contributed by atoms with Crippen LogP contribution in [0.1, 0.15) is 23.2 Å². The second-order valence-electron chi connectivity index (χ2n) is 4.65. The summed E-state index contributed by atoms with van der Waals surface area (Å²) in [7, 11) is 3.18. The number of hydrogen-bond donors (Lipinski definition) is 1. The van der Waals surface area contributed by atoms with Crippen molar-refractivity contribution < 1.29 is 14.3 Å². The molecule has 0 aliphatic heterocycles. The topological polar surface area (TPSA) is 64.8 Å². The molecule has 1 aliphatic carbocycles. The quantitative estimate of drug-likeness (QED) is 0.791. The predicted octanol–water partition coefficient (Wildman–Crippen LogP) is 1.53. The number of anilines is 1. The molecule has 1 saturated carbocycles. The monoisotopic (exact) mass is 264 g/mol. The Labute approximate surface area is 113 Å². The lowest BCUT2D eigenvalue weighted by Gasteiger charge is -2.23. The SMILES string of the molecule is COCCN(C(=O)c1c(N)cccc1OC)C1CC1. The molecule has 0 aromatic heterocycles. The molecule has 2 N–H and O–H groups in total. The lowest BCUT2D eigenvalue weighted by molar-refractivity contribution is 0.0678. The highest BCUT2D eigenvalue weighted by Gasteiger charge is 2.34. The molecular weight excluding hydrogens is 244 g/mol. The molecular formula is C14H20N2O3. The summed E-state index contributed by atoms with van der Waals surface area (Å²) < 4.78 is 10.3. The molecule has 5 nitrogen and oxygen atoms in total. The number of rotatable bonds is 6. The van der Waals surface area contributed by atoms with Gasteiger partial charge in [0.2, 0.25) is 0 Å². The van der Waals surface area contributed by atoms with E-state index in [0.29, 0.717) is 36.2 Å². The minimum Gasteiger partial charge on any atom is -0.496 e. The fourth-order valence-electron chi connectivity index (χ4n) is 2.12. The molecule has 0 heterocycles. The summed E-state index contributed by atoms with van der Waals surface area (Å²) in [5, 5.41) is 0. The van der Waals surface area contributed by atoms with E-state index in [4.69, 9.17) is 15.2 Å². The zero-order valence-corrected chi connectivity index (χ0v) is 11.4. The van der Waals surface area contributed by atoms with E-state index >= 15 is 0 Å². The Kier molecular flexibility index (Phi) is 4.27. The smallest absolute Gasteiger partial charge is 0.260 e. The van der Waals surface area contributed by atoms with Crippen LogP contribution in [0.5, 0.6) is 5.75 Å². The van der Waals surface area contributed by atoms with Crippen LogP contribution in [-0.4, -0.2) is 44.2 Å². The molecule has 0 unspecified atom stereocenters. The number of methoxy groups -OCH3 is 2. The molecule has 1 aromatic carbocycles. The molecule has 0 radical (unpaired) electrons. The molecule has 0 spiro atoms. The maximum absolute atomic E-state index is 12.6. The van der Waals surface area contributed by atoms with E-state index in [-0.39, 0.29) is 5.91 Å². The van der Waals surface area contributed by atoms with Crippen molar-refractivity contribution in [2.75, 3.05) is 33.1 Å². The first-order chi connectivity index (χ1) is 9.19. The van der Waals surface area contributed by atoms with Gasteiger partial charge in [-0.15, -0.1) is 0 Å². The number of ether oxygens (including phenoxy) is 2. The normalized spacial score (nSPS) is 14.2. The van der Waals surface area contributed by atoms with E-state index in [1.54, 1.807) is 32.4 Å². The van der Waals surface area contributed by atoms with Crippen LogP contribution in [0.4, 0.5) is 5.69 Å². The van der Waals surface area contributed by atoms with E-state index in [0.717, 1.165) is 12.8 Å². The number of nitrogens with two attached hydrogens (primary N) is 1. The van der Waals surface area contributed by atoms with Crippen LogP contribution in [0.25, 0.3) is 0 Å². The summed E-state index contributed by atoms with van der Waals surface area (Å²) in [6.45, 7) is 1.11. The Hall–Kier alpha value is -1.75. The van der Waals surface area contributed by atoms with Crippen molar-refractivity contribution in [3.05, 3.63) is 23.8 Å². The minimum absolute atomic E-state index is 0.0745. The summed E-state index contributed by atoms with van der Waals surface area (Å²) in [5.74, 6) is 0.447. The molecule has 5 heteroatoms. The van der Waals surface area contributed by atoms with E-state index in [1.165, 1.54) is 0 Å². The first kappa shape index (κ1) is 13.7. The van der Waals surface area contributed by atoms with Crippen molar-refractivity contribution in [1.29, 1.82) is 0 Å². The summed E-state index contributed by atoms with van der Waals surface area (Å²) in [6.07, 6.45) is 2.09. The minimum atomic E-state index is -0.0745. The van der Waals surface area contributed by atoms with Gasteiger partial charge in [0, 0.05) is 25.4 Å². The number of hydrogen-bond acceptors (Lipinski definition) is 4. The van der Waals surface area contributed by atoms with Gasteiger partial charge in [0.15, 0.2) is 0 Å². The molecule has 1 aliphatic rings. The van der Waals surface area contributed by atoms with Crippen molar-refractivity contribution >= 4 is 11.6 Å². The van der Waals surface area contributed by atoms with Crippen molar-refractivity contribution in [1.82, 2.24) is 4.90 Å². The average molecular weight is 264 g/mol. The highest BCUT2D eigenvalue weighted by Crippen LogP contribution is 2.32. The maximum Gasteiger partial charge on any atom is 0.260 e. The molecule has 104 valence electrons. The fourth-order valence-corrected chi connectivity index (χ4v) is 2.12. The fraction of sp³-hybridized carbons (Fsp3) is 0.500. The van der Waals surface area contributed by atoms with Gasteiger partial charge in [0.05, 0.1) is 13.7 Å². The zero-order valence-electron chi connectivity index (χ0n) is 11.4. The highest BCUT2D eigenvalue weighted by atomic mass is 16.5. The largest absolute Gasteiger partial charge is 0.496 e. The van der Waals surface area contributed by atoms with Gasteiger partial charge < -0.3 is 20.1 Å². The molecule has 1 amide bonds. The number of carbonyl (C=O) groups is 1. The molecule has 1 aromatic rings. The van der Waals surface area contributed by atoms with E-state index in [2.05, 4.69) is 0 Å². The van der Waals surface area contributed by atoms with Crippen molar-refractivity contribution in [3.63, 3.8) is 0 Å². The van der Waals surface area contributed by atoms with Crippen LogP contribution in [-0.2, 0) is 4.74 Å². The number of carbonyl (C=O) groups excluding carboxylic acids is 1. The lowest BCUT2D eigenvalue weighted by Crippen LogP contribution is -2.36. The van der Waals surface area contributed by atoms with Crippen LogP contribution in [0.3, 0.4) is 0 Å². The Morgan fingerprint density at radius 1 is 1.42 bits per heavy atom. The van der Waals surface area contributed by atoms with Crippen LogP contribution < -0.4 is 10.5 Å². The van der Waals surface area contributed by atoms with Gasteiger partial charge in [-0.3, -0.25) is 4.79 Å². The molecule has 0 saturated heterocycles. The Balaban J connectivity index is 2.25. The van der Waals surface area contributed by atoms with E-state index in [1.807, 2.05) is 4.90 Å². The van der Waals surface area contributed by atoms with Gasteiger partial charge >= 0.3 is 0 Å². The van der Waals surface area contributed by atoms with E-state index < -0.39 is 0 Å². The second kappa shape index (κ2) is 5.93. The van der Waals surface area contributed by atoms with Crippen LogP contribution in [0, 0.1) is 0 Å². The van der Waals surface area contributed by atoms with Crippen molar-refractivity contribution in [2.24, 2.45) is 0 Å². The summed E-state index contributed by atoms with van der Waals surface area (Å²) in [6, 6.07) is 5.57. The standard InChI is InChI=1S/C14H20N2O3/c1-18-9-8-16(10-6-7-10)14(17)13-11(15)4-3-5-12(13)19-2/h3-5,10H,6-9,15H2,1-2H3. The lowest BCUT2D eigenvalue weighted by atomic mass is 10.1. The van der Waals surface area contributed by atoms with Gasteiger partial charge in [0.25, 0.3) is 5.91 Å². The third kappa shape index (κ3) is 2.98. The molecule has 19 heavy (non-hydrogen) atoms. The van der Waals surface area contributed by atoms with Gasteiger partial charge in [-0.05, 0) is 25.0 Å². The molecule has 2 rings (SSSR count). The van der Waals surface area contributed by atoms with Crippen LogP contribution >= 0.6 is 0 Å².